The monoisotopic (exact) mass is 447 g/mol. The van der Waals surface area contributed by atoms with Crippen LogP contribution in [0.1, 0.15) is 30.5 Å². The lowest BCUT2D eigenvalue weighted by Gasteiger charge is -2.49. The average Bonchev–Trinajstić information content (AvgIpc) is 3.24. The van der Waals surface area contributed by atoms with E-state index < -0.39 is 18.2 Å². The van der Waals surface area contributed by atoms with E-state index in [2.05, 4.69) is 16.0 Å². The number of hydrogen-bond donors (Lipinski definition) is 4. The maximum atomic E-state index is 12.5. The molecule has 1 fully saturated rings. The van der Waals surface area contributed by atoms with Crippen molar-refractivity contribution in [3.8, 4) is 17.2 Å². The maximum absolute atomic E-state index is 12.5. The highest BCUT2D eigenvalue weighted by Crippen LogP contribution is 2.43. The molecule has 4 atom stereocenters. The Balaban J connectivity index is 1.70. The molecule has 172 valence electrons. The Morgan fingerprint density at radius 1 is 1.36 bits per heavy atom. The number of H-pyrrole nitrogens is 1. The van der Waals surface area contributed by atoms with Gasteiger partial charge in [-0.25, -0.2) is 4.98 Å². The summed E-state index contributed by atoms with van der Waals surface area (Å²) in [5.74, 6) is -0.766. The SMILES string of the molecule is Cc1cc(-c2ccnc3[nH]cc(C#N)c23)ccc1C1(O)[C@H](C)CN(C(=O)[C@H](N)CO)C[C@@H]1C. The lowest BCUT2D eigenvalue weighted by molar-refractivity contribution is -0.150. The summed E-state index contributed by atoms with van der Waals surface area (Å²) in [4.78, 5) is 21.5. The van der Waals surface area contributed by atoms with Gasteiger partial charge in [0.15, 0.2) is 0 Å². The molecular weight excluding hydrogens is 418 g/mol. The summed E-state index contributed by atoms with van der Waals surface area (Å²) < 4.78 is 0. The van der Waals surface area contributed by atoms with Crippen molar-refractivity contribution in [3.05, 3.63) is 53.3 Å². The number of aromatic nitrogens is 2. The van der Waals surface area contributed by atoms with E-state index >= 15 is 0 Å². The number of pyridine rings is 1. The molecular formula is C25H29N5O3. The third-order valence-electron chi connectivity index (χ3n) is 6.98. The number of likely N-dealkylation sites (tertiary alicyclic amines) is 1. The molecule has 8 nitrogen and oxygen atoms in total. The van der Waals surface area contributed by atoms with Gasteiger partial charge >= 0.3 is 0 Å². The Morgan fingerprint density at radius 3 is 2.67 bits per heavy atom. The quantitative estimate of drug-likeness (QED) is 0.483. The van der Waals surface area contributed by atoms with Gasteiger partial charge in [0.1, 0.15) is 17.8 Å². The second-order valence-electron chi connectivity index (χ2n) is 9.09. The fourth-order valence-corrected chi connectivity index (χ4v) is 5.19. The van der Waals surface area contributed by atoms with E-state index in [1.165, 1.54) is 0 Å². The van der Waals surface area contributed by atoms with E-state index in [9.17, 15) is 20.3 Å². The number of nitrogens with two attached hydrogens (primary N) is 1. The van der Waals surface area contributed by atoms with Crippen molar-refractivity contribution < 1.29 is 15.0 Å². The van der Waals surface area contributed by atoms with Crippen molar-refractivity contribution >= 4 is 16.9 Å². The fourth-order valence-electron chi connectivity index (χ4n) is 5.19. The topological polar surface area (TPSA) is 139 Å². The zero-order chi connectivity index (χ0) is 23.9. The third kappa shape index (κ3) is 3.68. The molecule has 8 heteroatoms. The number of aliphatic hydroxyl groups is 2. The van der Waals surface area contributed by atoms with Crippen LogP contribution in [0.15, 0.2) is 36.7 Å². The molecule has 5 N–H and O–H groups in total. The van der Waals surface area contributed by atoms with Gasteiger partial charge in [-0.15, -0.1) is 0 Å². The molecule has 1 saturated heterocycles. The van der Waals surface area contributed by atoms with Gasteiger partial charge in [0.2, 0.25) is 5.91 Å². The van der Waals surface area contributed by atoms with Crippen molar-refractivity contribution in [2.75, 3.05) is 19.7 Å². The number of aryl methyl sites for hydroxylation is 1. The van der Waals surface area contributed by atoms with Crippen LogP contribution in [0.3, 0.4) is 0 Å². The molecule has 0 radical (unpaired) electrons. The Hall–Kier alpha value is -3.25. The van der Waals surface area contributed by atoms with Crippen LogP contribution in [0, 0.1) is 30.1 Å². The molecule has 4 rings (SSSR count). The second kappa shape index (κ2) is 8.60. The summed E-state index contributed by atoms with van der Waals surface area (Å²) in [7, 11) is 0. The van der Waals surface area contributed by atoms with Crippen molar-refractivity contribution in [1.82, 2.24) is 14.9 Å². The molecule has 3 aromatic rings. The van der Waals surface area contributed by atoms with Crippen LogP contribution >= 0.6 is 0 Å². The van der Waals surface area contributed by atoms with Crippen LogP contribution in [0.4, 0.5) is 0 Å². The summed E-state index contributed by atoms with van der Waals surface area (Å²) in [5, 5.41) is 31.4. The molecule has 1 unspecified atom stereocenters. The van der Waals surface area contributed by atoms with Crippen LogP contribution < -0.4 is 5.73 Å². The number of amides is 1. The molecule has 0 bridgehead atoms. The number of fused-ring (bicyclic) bond motifs is 1. The number of hydrogen-bond acceptors (Lipinski definition) is 6. The fraction of sp³-hybridized carbons (Fsp3) is 0.400. The molecule has 3 heterocycles. The molecule has 33 heavy (non-hydrogen) atoms. The van der Waals surface area contributed by atoms with Gasteiger partial charge in [-0.05, 0) is 35.2 Å². The highest BCUT2D eigenvalue weighted by molar-refractivity contribution is 5.97. The molecule has 1 aromatic carbocycles. The number of nitriles is 1. The predicted molar refractivity (Wildman–Crippen MR) is 125 cm³/mol. The minimum Gasteiger partial charge on any atom is -0.394 e. The number of rotatable bonds is 4. The zero-order valence-corrected chi connectivity index (χ0v) is 19.0. The van der Waals surface area contributed by atoms with Crippen molar-refractivity contribution in [2.24, 2.45) is 17.6 Å². The highest BCUT2D eigenvalue weighted by Gasteiger charge is 2.47. The number of aromatic amines is 1. The highest BCUT2D eigenvalue weighted by atomic mass is 16.3. The third-order valence-corrected chi connectivity index (χ3v) is 6.98. The number of benzene rings is 1. The average molecular weight is 448 g/mol. The number of nitrogens with zero attached hydrogens (tertiary/aromatic N) is 3. The molecule has 0 aliphatic carbocycles. The molecule has 1 aliphatic rings. The first-order valence-electron chi connectivity index (χ1n) is 11.1. The first-order chi connectivity index (χ1) is 15.7. The minimum atomic E-state index is -1.12. The normalized spacial score (nSPS) is 24.0. The molecule has 0 saturated carbocycles. The van der Waals surface area contributed by atoms with Gasteiger partial charge < -0.3 is 25.8 Å². The molecule has 1 aliphatic heterocycles. The standard InChI is InChI=1S/C25H29N5O3/c1-14-8-17(19-6-7-28-23-22(19)18(9-26)10-29-23)4-5-20(14)25(33)15(2)11-30(12-16(25)3)24(32)21(27)13-31/h4-8,10,15-16,21,31,33H,11-13,27H2,1-3H3,(H,28,29)/t15-,16+,21-,25?/m1/s1. The number of carbonyl (C=O) groups excluding carboxylic acids is 1. The van der Waals surface area contributed by atoms with Gasteiger partial charge in [0.05, 0.1) is 17.8 Å². The van der Waals surface area contributed by atoms with Gasteiger partial charge in [-0.2, -0.15) is 5.26 Å². The molecule has 1 amide bonds. The Morgan fingerprint density at radius 2 is 2.06 bits per heavy atom. The summed E-state index contributed by atoms with van der Waals surface area (Å²) in [6.45, 7) is 6.14. The number of piperidine rings is 1. The van der Waals surface area contributed by atoms with Gasteiger partial charge in [-0.3, -0.25) is 4.79 Å². The summed E-state index contributed by atoms with van der Waals surface area (Å²) in [6.07, 6.45) is 3.37. The lowest BCUT2D eigenvalue weighted by Crippen LogP contribution is -2.59. The summed E-state index contributed by atoms with van der Waals surface area (Å²) in [6, 6.07) is 9.08. The first kappa shape index (κ1) is 22.9. The van der Waals surface area contributed by atoms with Crippen LogP contribution in [0.5, 0.6) is 0 Å². The number of nitrogens with one attached hydrogen (secondary N) is 1. The molecule has 2 aromatic heterocycles. The van der Waals surface area contributed by atoms with Crippen molar-refractivity contribution in [2.45, 2.75) is 32.4 Å². The van der Waals surface area contributed by atoms with Crippen molar-refractivity contribution in [1.29, 1.82) is 5.26 Å². The van der Waals surface area contributed by atoms with Gasteiger partial charge in [-0.1, -0.05) is 32.0 Å². The summed E-state index contributed by atoms with van der Waals surface area (Å²) >= 11 is 0. The van der Waals surface area contributed by atoms with Crippen molar-refractivity contribution in [3.63, 3.8) is 0 Å². The second-order valence-corrected chi connectivity index (χ2v) is 9.09. The number of carbonyl (C=O) groups is 1. The lowest BCUT2D eigenvalue weighted by atomic mass is 9.69. The smallest absolute Gasteiger partial charge is 0.241 e. The van der Waals surface area contributed by atoms with E-state index in [-0.39, 0.29) is 17.7 Å². The van der Waals surface area contributed by atoms with E-state index in [1.807, 2.05) is 45.0 Å². The van der Waals surface area contributed by atoms with Crippen LogP contribution in [0.2, 0.25) is 0 Å². The minimum absolute atomic E-state index is 0.233. The number of aliphatic hydroxyl groups excluding tert-OH is 1. The van der Waals surface area contributed by atoms with E-state index in [4.69, 9.17) is 5.73 Å². The van der Waals surface area contributed by atoms with Gasteiger partial charge in [0, 0.05) is 42.7 Å². The Labute approximate surface area is 192 Å². The Kier molecular flexibility index (Phi) is 5.97. The van der Waals surface area contributed by atoms with Crippen LogP contribution in [-0.2, 0) is 10.4 Å². The molecule has 0 spiro atoms. The first-order valence-corrected chi connectivity index (χ1v) is 11.1. The largest absolute Gasteiger partial charge is 0.394 e. The van der Waals surface area contributed by atoms with E-state index in [0.29, 0.717) is 24.3 Å². The van der Waals surface area contributed by atoms with Gasteiger partial charge in [0.25, 0.3) is 0 Å². The predicted octanol–water partition coefficient (Wildman–Crippen LogP) is 2.03. The van der Waals surface area contributed by atoms with E-state index in [1.54, 1.807) is 17.3 Å². The maximum Gasteiger partial charge on any atom is 0.241 e. The zero-order valence-electron chi connectivity index (χ0n) is 19.0. The Bertz CT molecular complexity index is 1230. The van der Waals surface area contributed by atoms with E-state index in [0.717, 1.165) is 27.6 Å². The van der Waals surface area contributed by atoms with Crippen LogP contribution in [-0.4, -0.2) is 56.7 Å². The van der Waals surface area contributed by atoms with Crippen LogP contribution in [0.25, 0.3) is 22.2 Å². The summed E-state index contributed by atoms with van der Waals surface area (Å²) in [5.41, 5.74) is 9.40.